The lowest BCUT2D eigenvalue weighted by Crippen LogP contribution is -2.32. The molecule has 2 heterocycles. The summed E-state index contributed by atoms with van der Waals surface area (Å²) in [5, 5.41) is 3.37. The van der Waals surface area contributed by atoms with Crippen molar-refractivity contribution >= 4 is 0 Å². The first-order chi connectivity index (χ1) is 9.20. The highest BCUT2D eigenvalue weighted by molar-refractivity contribution is 5.10. The summed E-state index contributed by atoms with van der Waals surface area (Å²) < 4.78 is 7.37. The van der Waals surface area contributed by atoms with E-state index in [1.807, 2.05) is 18.3 Å². The first-order valence-corrected chi connectivity index (χ1v) is 7.24. The lowest BCUT2D eigenvalue weighted by molar-refractivity contribution is 0.0961. The van der Waals surface area contributed by atoms with Gasteiger partial charge in [-0.05, 0) is 32.3 Å². The molecule has 4 nitrogen and oxygen atoms in total. The Morgan fingerprint density at radius 3 is 3.11 bits per heavy atom. The fourth-order valence-corrected chi connectivity index (χ4v) is 2.30. The number of nitrogens with zero attached hydrogens (tertiary/aromatic N) is 1. The molecule has 0 radical (unpaired) electrons. The molecular weight excluding hydrogens is 240 g/mol. The molecule has 1 aromatic rings. The summed E-state index contributed by atoms with van der Waals surface area (Å²) in [7, 11) is 0. The molecule has 0 aliphatic carbocycles. The quantitative estimate of drug-likeness (QED) is 0.853. The van der Waals surface area contributed by atoms with E-state index < -0.39 is 0 Å². The van der Waals surface area contributed by atoms with Crippen LogP contribution in [0.1, 0.15) is 38.7 Å². The maximum absolute atomic E-state index is 12.3. The van der Waals surface area contributed by atoms with Gasteiger partial charge in [-0.15, -0.1) is 0 Å². The molecule has 0 bridgehead atoms. The Labute approximate surface area is 114 Å². The Kier molecular flexibility index (Phi) is 5.16. The van der Waals surface area contributed by atoms with Gasteiger partial charge in [0, 0.05) is 31.0 Å². The van der Waals surface area contributed by atoms with E-state index in [0.29, 0.717) is 19.1 Å². The lowest BCUT2D eigenvalue weighted by Gasteiger charge is -2.14. The fraction of sp³-hybridized carbons (Fsp3) is 0.667. The van der Waals surface area contributed by atoms with Crippen LogP contribution in [0.4, 0.5) is 0 Å². The second-order valence-corrected chi connectivity index (χ2v) is 5.32. The van der Waals surface area contributed by atoms with Gasteiger partial charge < -0.3 is 14.6 Å². The molecule has 1 saturated heterocycles. The summed E-state index contributed by atoms with van der Waals surface area (Å²) in [4.78, 5) is 12.3. The molecule has 0 spiro atoms. The summed E-state index contributed by atoms with van der Waals surface area (Å²) in [6, 6.07) is 4.29. The molecular formula is C15H24N2O2. The average molecular weight is 264 g/mol. The maximum Gasteiger partial charge on any atom is 0.255 e. The van der Waals surface area contributed by atoms with Crippen molar-refractivity contribution < 1.29 is 4.74 Å². The van der Waals surface area contributed by atoms with Crippen LogP contribution in [0.2, 0.25) is 0 Å². The van der Waals surface area contributed by atoms with E-state index in [9.17, 15) is 4.79 Å². The molecule has 1 aliphatic rings. The molecule has 0 amide bonds. The molecule has 4 heteroatoms. The van der Waals surface area contributed by atoms with Gasteiger partial charge in [0.25, 0.3) is 5.56 Å². The number of nitrogens with one attached hydrogen (secondary N) is 1. The van der Waals surface area contributed by atoms with E-state index in [0.717, 1.165) is 31.4 Å². The zero-order chi connectivity index (χ0) is 13.7. The lowest BCUT2D eigenvalue weighted by atomic mass is 10.2. The minimum atomic E-state index is 0.105. The van der Waals surface area contributed by atoms with Crippen LogP contribution < -0.4 is 10.9 Å². The minimum Gasteiger partial charge on any atom is -0.376 e. The van der Waals surface area contributed by atoms with Gasteiger partial charge in [-0.1, -0.05) is 13.0 Å². The zero-order valence-corrected chi connectivity index (χ0v) is 11.9. The predicted octanol–water partition coefficient (Wildman–Crippen LogP) is 1.92. The van der Waals surface area contributed by atoms with Gasteiger partial charge in [0.1, 0.15) is 0 Å². The van der Waals surface area contributed by atoms with Gasteiger partial charge in [0.2, 0.25) is 0 Å². The molecule has 1 N–H and O–H groups in total. The van der Waals surface area contributed by atoms with Gasteiger partial charge in [0.15, 0.2) is 0 Å². The number of rotatable bonds is 6. The number of hydrogen-bond donors (Lipinski definition) is 1. The number of ether oxygens (including phenoxy) is 1. The van der Waals surface area contributed by atoms with Crippen molar-refractivity contribution in [3.8, 4) is 0 Å². The second kappa shape index (κ2) is 6.87. The first kappa shape index (κ1) is 14.3. The van der Waals surface area contributed by atoms with Crippen LogP contribution >= 0.6 is 0 Å². The zero-order valence-electron chi connectivity index (χ0n) is 11.9. The van der Waals surface area contributed by atoms with Gasteiger partial charge in [-0.3, -0.25) is 4.79 Å². The smallest absolute Gasteiger partial charge is 0.255 e. The van der Waals surface area contributed by atoms with Gasteiger partial charge in [0.05, 0.1) is 12.6 Å². The minimum absolute atomic E-state index is 0.105. The summed E-state index contributed by atoms with van der Waals surface area (Å²) in [6.45, 7) is 6.41. The summed E-state index contributed by atoms with van der Waals surface area (Å²) in [5.41, 5.74) is 0.939. The molecule has 106 valence electrons. The Hall–Kier alpha value is -1.13. The molecule has 1 aromatic heterocycles. The molecule has 2 atom stereocenters. The van der Waals surface area contributed by atoms with Crippen molar-refractivity contribution in [3.05, 3.63) is 34.2 Å². The number of pyridine rings is 1. The van der Waals surface area contributed by atoms with E-state index >= 15 is 0 Å². The maximum atomic E-state index is 12.3. The van der Waals surface area contributed by atoms with Crippen LogP contribution in [0.3, 0.4) is 0 Å². The number of hydrogen-bond acceptors (Lipinski definition) is 3. The Balaban J connectivity index is 2.02. The Bertz CT molecular complexity index is 450. The molecule has 0 saturated carbocycles. The van der Waals surface area contributed by atoms with Crippen molar-refractivity contribution in [1.82, 2.24) is 9.88 Å². The molecule has 0 aromatic carbocycles. The van der Waals surface area contributed by atoms with Crippen LogP contribution in [-0.2, 0) is 17.8 Å². The van der Waals surface area contributed by atoms with Crippen LogP contribution in [-0.4, -0.2) is 23.3 Å². The van der Waals surface area contributed by atoms with Gasteiger partial charge in [-0.2, -0.15) is 0 Å². The molecule has 1 aliphatic heterocycles. The van der Waals surface area contributed by atoms with Crippen LogP contribution in [0.25, 0.3) is 0 Å². The van der Waals surface area contributed by atoms with Crippen LogP contribution in [0.15, 0.2) is 23.1 Å². The average Bonchev–Trinajstić information content (AvgIpc) is 2.92. The standard InChI is InChI=1S/C15H24N2O2/c1-3-12(2)16-10-13-6-4-8-17(15(13)18)11-14-7-5-9-19-14/h4,6,8,12,14,16H,3,5,7,9-11H2,1-2H3. The molecule has 19 heavy (non-hydrogen) atoms. The highest BCUT2D eigenvalue weighted by Gasteiger charge is 2.16. The van der Waals surface area contributed by atoms with E-state index in [2.05, 4.69) is 19.2 Å². The summed E-state index contributed by atoms with van der Waals surface area (Å²) in [5.74, 6) is 0. The highest BCUT2D eigenvalue weighted by Crippen LogP contribution is 2.13. The van der Waals surface area contributed by atoms with E-state index in [1.54, 1.807) is 4.57 Å². The highest BCUT2D eigenvalue weighted by atomic mass is 16.5. The Morgan fingerprint density at radius 2 is 2.42 bits per heavy atom. The second-order valence-electron chi connectivity index (χ2n) is 5.32. The van der Waals surface area contributed by atoms with Crippen molar-refractivity contribution in [3.63, 3.8) is 0 Å². The topological polar surface area (TPSA) is 43.3 Å². The summed E-state index contributed by atoms with van der Waals surface area (Å²) in [6.07, 6.45) is 5.29. The van der Waals surface area contributed by atoms with Crippen molar-refractivity contribution in [2.45, 2.75) is 58.3 Å². The third-order valence-electron chi connectivity index (χ3n) is 3.78. The van der Waals surface area contributed by atoms with Gasteiger partial charge >= 0.3 is 0 Å². The normalized spacial score (nSPS) is 20.6. The van der Waals surface area contributed by atoms with Crippen LogP contribution in [0.5, 0.6) is 0 Å². The molecule has 2 unspecified atom stereocenters. The SMILES string of the molecule is CCC(C)NCc1cccn(CC2CCCO2)c1=O. The fourth-order valence-electron chi connectivity index (χ4n) is 2.30. The third kappa shape index (κ3) is 3.91. The Morgan fingerprint density at radius 1 is 1.58 bits per heavy atom. The van der Waals surface area contributed by atoms with Gasteiger partial charge in [-0.25, -0.2) is 0 Å². The molecule has 2 rings (SSSR count). The third-order valence-corrected chi connectivity index (χ3v) is 3.78. The van der Waals surface area contributed by atoms with Crippen molar-refractivity contribution in [2.24, 2.45) is 0 Å². The molecule has 1 fully saturated rings. The first-order valence-electron chi connectivity index (χ1n) is 7.24. The largest absolute Gasteiger partial charge is 0.376 e. The monoisotopic (exact) mass is 264 g/mol. The van der Waals surface area contributed by atoms with E-state index in [1.165, 1.54) is 0 Å². The van der Waals surface area contributed by atoms with Crippen molar-refractivity contribution in [1.29, 1.82) is 0 Å². The summed E-state index contributed by atoms with van der Waals surface area (Å²) >= 11 is 0. The van der Waals surface area contributed by atoms with Crippen LogP contribution in [0, 0.1) is 0 Å². The van der Waals surface area contributed by atoms with Crippen molar-refractivity contribution in [2.75, 3.05) is 6.61 Å². The van der Waals surface area contributed by atoms with E-state index in [-0.39, 0.29) is 11.7 Å². The van der Waals surface area contributed by atoms with E-state index in [4.69, 9.17) is 4.74 Å². The predicted molar refractivity (Wildman–Crippen MR) is 76.3 cm³/mol. The number of aromatic nitrogens is 1.